The van der Waals surface area contributed by atoms with Crippen molar-refractivity contribution in [1.29, 1.82) is 0 Å². The number of aliphatic hydroxyl groups is 1. The summed E-state index contributed by atoms with van der Waals surface area (Å²) in [4.78, 5) is 16.3. The van der Waals surface area contributed by atoms with Gasteiger partial charge in [-0.2, -0.15) is 0 Å². The predicted octanol–water partition coefficient (Wildman–Crippen LogP) is 1.59. The number of anilines is 1. The highest BCUT2D eigenvalue weighted by atomic mass is 16.6. The van der Waals surface area contributed by atoms with Crippen molar-refractivity contribution in [3.05, 3.63) is 28.4 Å². The average Bonchev–Trinajstić information content (AvgIpc) is 2.39. The van der Waals surface area contributed by atoms with Crippen molar-refractivity contribution in [3.8, 4) is 0 Å². The summed E-state index contributed by atoms with van der Waals surface area (Å²) in [5.74, 6) is 1.11. The number of nitrogens with zero attached hydrogens (tertiary/aromatic N) is 3. The zero-order valence-corrected chi connectivity index (χ0v) is 10.3. The zero-order chi connectivity index (χ0) is 13.1. The molecule has 1 aromatic heterocycles. The summed E-state index contributed by atoms with van der Waals surface area (Å²) in [5.41, 5.74) is 0.0117. The molecule has 6 heteroatoms. The summed E-state index contributed by atoms with van der Waals surface area (Å²) in [5, 5.41) is 20.1. The Morgan fingerprint density at radius 1 is 1.50 bits per heavy atom. The lowest BCUT2D eigenvalue weighted by Crippen LogP contribution is -2.37. The van der Waals surface area contributed by atoms with Gasteiger partial charge < -0.3 is 10.0 Å². The van der Waals surface area contributed by atoms with Gasteiger partial charge in [0, 0.05) is 19.2 Å². The molecule has 98 valence electrons. The van der Waals surface area contributed by atoms with Crippen molar-refractivity contribution in [2.75, 3.05) is 18.0 Å². The fourth-order valence-electron chi connectivity index (χ4n) is 2.28. The van der Waals surface area contributed by atoms with E-state index in [2.05, 4.69) is 9.88 Å². The molecule has 0 aromatic carbocycles. The highest BCUT2D eigenvalue weighted by Crippen LogP contribution is 2.24. The minimum absolute atomic E-state index is 0.0117. The van der Waals surface area contributed by atoms with Crippen molar-refractivity contribution in [3.63, 3.8) is 0 Å². The molecule has 0 saturated carbocycles. The molecule has 2 heterocycles. The summed E-state index contributed by atoms with van der Waals surface area (Å²) >= 11 is 0. The van der Waals surface area contributed by atoms with Gasteiger partial charge in [-0.05, 0) is 31.7 Å². The minimum atomic E-state index is -0.448. The molecule has 18 heavy (non-hydrogen) atoms. The van der Waals surface area contributed by atoms with Crippen LogP contribution in [0.5, 0.6) is 0 Å². The van der Waals surface area contributed by atoms with Gasteiger partial charge >= 0.3 is 0 Å². The van der Waals surface area contributed by atoms with Gasteiger partial charge in [0.25, 0.3) is 5.69 Å². The molecular weight excluding hydrogens is 234 g/mol. The van der Waals surface area contributed by atoms with E-state index in [1.807, 2.05) is 6.92 Å². The lowest BCUT2D eigenvalue weighted by Gasteiger charge is -2.33. The normalized spacial score (nSPS) is 18.7. The minimum Gasteiger partial charge on any atom is -0.393 e. The Hall–Kier alpha value is -1.69. The summed E-state index contributed by atoms with van der Waals surface area (Å²) in [7, 11) is 0. The molecule has 1 atom stereocenters. The highest BCUT2D eigenvalue weighted by Gasteiger charge is 2.23. The van der Waals surface area contributed by atoms with Gasteiger partial charge in [0.1, 0.15) is 12.0 Å². The van der Waals surface area contributed by atoms with Gasteiger partial charge in [0.15, 0.2) is 0 Å². The topological polar surface area (TPSA) is 79.5 Å². The van der Waals surface area contributed by atoms with Crippen LogP contribution < -0.4 is 4.90 Å². The molecule has 1 unspecified atom stereocenters. The van der Waals surface area contributed by atoms with Gasteiger partial charge in [0.05, 0.1) is 11.0 Å². The van der Waals surface area contributed by atoms with Crippen LogP contribution in [-0.4, -0.2) is 34.2 Å². The summed E-state index contributed by atoms with van der Waals surface area (Å²) < 4.78 is 0. The highest BCUT2D eigenvalue weighted by molar-refractivity contribution is 5.43. The number of pyridine rings is 1. The molecule has 0 amide bonds. The van der Waals surface area contributed by atoms with E-state index in [0.29, 0.717) is 5.92 Å². The lowest BCUT2D eigenvalue weighted by atomic mass is 9.92. The summed E-state index contributed by atoms with van der Waals surface area (Å²) in [6, 6.07) is 3.16. The number of rotatable bonds is 3. The van der Waals surface area contributed by atoms with Crippen molar-refractivity contribution >= 4 is 11.5 Å². The van der Waals surface area contributed by atoms with Gasteiger partial charge in [-0.15, -0.1) is 0 Å². The molecule has 0 spiro atoms. The smallest absolute Gasteiger partial charge is 0.287 e. The van der Waals surface area contributed by atoms with Gasteiger partial charge in [-0.1, -0.05) is 0 Å². The Balaban J connectivity index is 1.99. The van der Waals surface area contributed by atoms with Crippen LogP contribution in [0.1, 0.15) is 19.8 Å². The van der Waals surface area contributed by atoms with Crippen molar-refractivity contribution in [1.82, 2.24) is 4.98 Å². The molecule has 1 saturated heterocycles. The first-order valence-electron chi connectivity index (χ1n) is 6.11. The number of hydrogen-bond acceptors (Lipinski definition) is 5. The maximum atomic E-state index is 10.5. The van der Waals surface area contributed by atoms with E-state index in [9.17, 15) is 15.2 Å². The second kappa shape index (κ2) is 5.30. The second-order valence-corrected chi connectivity index (χ2v) is 4.70. The van der Waals surface area contributed by atoms with Crippen molar-refractivity contribution in [2.24, 2.45) is 5.92 Å². The quantitative estimate of drug-likeness (QED) is 0.651. The number of aliphatic hydroxyl groups excluding tert-OH is 1. The number of aromatic nitrogens is 1. The third-order valence-electron chi connectivity index (χ3n) is 3.49. The SMILES string of the molecule is CC(O)C1CCN(c2ccc([N+](=O)[O-])cn2)CC1. The molecule has 0 aliphatic carbocycles. The van der Waals surface area contributed by atoms with E-state index in [4.69, 9.17) is 0 Å². The third-order valence-corrected chi connectivity index (χ3v) is 3.49. The fraction of sp³-hybridized carbons (Fsp3) is 0.583. The Morgan fingerprint density at radius 2 is 2.17 bits per heavy atom. The molecule has 6 nitrogen and oxygen atoms in total. The molecule has 1 fully saturated rings. The van der Waals surface area contributed by atoms with Crippen LogP contribution in [0.4, 0.5) is 11.5 Å². The van der Waals surface area contributed by atoms with Gasteiger partial charge in [0.2, 0.25) is 0 Å². The Labute approximate surface area is 105 Å². The van der Waals surface area contributed by atoms with E-state index >= 15 is 0 Å². The van der Waals surface area contributed by atoms with Crippen LogP contribution in [0.3, 0.4) is 0 Å². The van der Waals surface area contributed by atoms with E-state index in [1.165, 1.54) is 12.3 Å². The molecular formula is C12H17N3O3. The van der Waals surface area contributed by atoms with Crippen LogP contribution in [-0.2, 0) is 0 Å². The lowest BCUT2D eigenvalue weighted by molar-refractivity contribution is -0.385. The molecule has 0 bridgehead atoms. The first kappa shape index (κ1) is 12.8. The van der Waals surface area contributed by atoms with E-state index in [-0.39, 0.29) is 11.8 Å². The molecule has 1 aliphatic rings. The van der Waals surface area contributed by atoms with Gasteiger partial charge in [-0.25, -0.2) is 4.98 Å². The number of piperidine rings is 1. The molecule has 1 aromatic rings. The Bertz CT molecular complexity index is 411. The first-order chi connectivity index (χ1) is 8.58. The molecule has 1 aliphatic heterocycles. The monoisotopic (exact) mass is 251 g/mol. The Morgan fingerprint density at radius 3 is 2.61 bits per heavy atom. The second-order valence-electron chi connectivity index (χ2n) is 4.70. The fourth-order valence-corrected chi connectivity index (χ4v) is 2.28. The maximum Gasteiger partial charge on any atom is 0.287 e. The van der Waals surface area contributed by atoms with Crippen LogP contribution in [0.2, 0.25) is 0 Å². The van der Waals surface area contributed by atoms with Crippen molar-refractivity contribution < 1.29 is 10.0 Å². The number of hydrogen-bond donors (Lipinski definition) is 1. The van der Waals surface area contributed by atoms with Crippen molar-refractivity contribution in [2.45, 2.75) is 25.9 Å². The standard InChI is InChI=1S/C12H17N3O3/c1-9(16)10-4-6-14(7-5-10)12-3-2-11(8-13-12)15(17)18/h2-3,8-10,16H,4-7H2,1H3. The molecule has 1 N–H and O–H groups in total. The van der Waals surface area contributed by atoms with E-state index in [1.54, 1.807) is 6.07 Å². The Kier molecular flexibility index (Phi) is 3.76. The van der Waals surface area contributed by atoms with Gasteiger partial charge in [-0.3, -0.25) is 10.1 Å². The van der Waals surface area contributed by atoms with Crippen LogP contribution in [0.15, 0.2) is 18.3 Å². The van der Waals surface area contributed by atoms with Crippen LogP contribution in [0, 0.1) is 16.0 Å². The zero-order valence-electron chi connectivity index (χ0n) is 10.3. The predicted molar refractivity (Wildman–Crippen MR) is 67.5 cm³/mol. The number of nitro groups is 1. The van der Waals surface area contributed by atoms with E-state index < -0.39 is 4.92 Å². The summed E-state index contributed by atoms with van der Waals surface area (Å²) in [6.07, 6.45) is 2.87. The third kappa shape index (κ3) is 2.76. The summed E-state index contributed by atoms with van der Waals surface area (Å²) in [6.45, 7) is 3.49. The van der Waals surface area contributed by atoms with Crippen LogP contribution in [0.25, 0.3) is 0 Å². The first-order valence-corrected chi connectivity index (χ1v) is 6.11. The average molecular weight is 251 g/mol. The van der Waals surface area contributed by atoms with E-state index in [0.717, 1.165) is 31.7 Å². The molecule has 2 rings (SSSR count). The largest absolute Gasteiger partial charge is 0.393 e. The maximum absolute atomic E-state index is 10.5. The van der Waals surface area contributed by atoms with Crippen LogP contribution >= 0.6 is 0 Å². The molecule has 0 radical (unpaired) electrons.